The van der Waals surface area contributed by atoms with E-state index in [0.717, 1.165) is 0 Å². The molecule has 0 unspecified atom stereocenters. The smallest absolute Gasteiger partial charge is 0.239 e. The zero-order valence-electron chi connectivity index (χ0n) is 11.6. The number of hydrogen-bond acceptors (Lipinski definition) is 3. The van der Waals surface area contributed by atoms with Gasteiger partial charge in [0.05, 0.1) is 11.4 Å². The Bertz CT molecular complexity index is 743. The monoisotopic (exact) mass is 320 g/mol. The van der Waals surface area contributed by atoms with Gasteiger partial charge in [0.1, 0.15) is 4.99 Å². The zero-order valence-corrected chi connectivity index (χ0v) is 13.2. The summed E-state index contributed by atoms with van der Waals surface area (Å²) in [6.45, 7) is 0. The SMILES string of the molecule is CN(c1ccccc1)S(=O)(=O)Cc1ccccc1C(N)=S. The maximum atomic E-state index is 12.5. The van der Waals surface area contributed by atoms with Crippen molar-refractivity contribution in [3.63, 3.8) is 0 Å². The van der Waals surface area contributed by atoms with Crippen molar-refractivity contribution in [1.29, 1.82) is 0 Å². The Morgan fingerprint density at radius 1 is 1.10 bits per heavy atom. The first kappa shape index (κ1) is 15.5. The lowest BCUT2D eigenvalue weighted by molar-refractivity contribution is 0.593. The van der Waals surface area contributed by atoms with Gasteiger partial charge in [-0.2, -0.15) is 0 Å². The quantitative estimate of drug-likeness (QED) is 0.859. The lowest BCUT2D eigenvalue weighted by Crippen LogP contribution is -2.28. The van der Waals surface area contributed by atoms with Gasteiger partial charge in [-0.15, -0.1) is 0 Å². The molecule has 0 aliphatic rings. The van der Waals surface area contributed by atoms with Gasteiger partial charge in [0.25, 0.3) is 0 Å². The van der Waals surface area contributed by atoms with E-state index >= 15 is 0 Å². The van der Waals surface area contributed by atoms with Crippen molar-refractivity contribution < 1.29 is 8.42 Å². The highest BCUT2D eigenvalue weighted by atomic mass is 32.2. The summed E-state index contributed by atoms with van der Waals surface area (Å²) in [7, 11) is -1.97. The minimum absolute atomic E-state index is 0.147. The van der Waals surface area contributed by atoms with Crippen LogP contribution in [0.3, 0.4) is 0 Å². The summed E-state index contributed by atoms with van der Waals surface area (Å²) in [5, 5.41) is 0. The predicted octanol–water partition coefficient (Wildman–Crippen LogP) is 2.29. The third-order valence-electron chi connectivity index (χ3n) is 3.16. The summed E-state index contributed by atoms with van der Waals surface area (Å²) in [4.78, 5) is 0.197. The minimum atomic E-state index is -3.50. The molecule has 0 saturated carbocycles. The van der Waals surface area contributed by atoms with E-state index < -0.39 is 10.0 Å². The molecule has 0 spiro atoms. The van der Waals surface area contributed by atoms with Gasteiger partial charge in [-0.1, -0.05) is 54.7 Å². The van der Waals surface area contributed by atoms with E-state index in [1.54, 1.807) is 48.5 Å². The van der Waals surface area contributed by atoms with E-state index in [0.29, 0.717) is 16.8 Å². The fraction of sp³-hybridized carbons (Fsp3) is 0.133. The van der Waals surface area contributed by atoms with Crippen LogP contribution >= 0.6 is 12.2 Å². The molecule has 110 valence electrons. The third kappa shape index (κ3) is 3.59. The Morgan fingerprint density at radius 3 is 2.29 bits per heavy atom. The maximum absolute atomic E-state index is 12.5. The van der Waals surface area contributed by atoms with Crippen LogP contribution in [0.4, 0.5) is 5.69 Å². The molecule has 0 saturated heterocycles. The van der Waals surface area contributed by atoms with Crippen molar-refractivity contribution in [3.05, 3.63) is 65.7 Å². The molecule has 2 aromatic rings. The molecular weight excluding hydrogens is 304 g/mol. The Balaban J connectivity index is 2.32. The van der Waals surface area contributed by atoms with Crippen LogP contribution in [0.1, 0.15) is 11.1 Å². The van der Waals surface area contributed by atoms with E-state index in [-0.39, 0.29) is 10.7 Å². The first-order valence-corrected chi connectivity index (χ1v) is 8.33. The molecule has 2 N–H and O–H groups in total. The van der Waals surface area contributed by atoms with Crippen LogP contribution in [0.2, 0.25) is 0 Å². The molecule has 0 aliphatic carbocycles. The second-order valence-corrected chi connectivity index (χ2v) is 7.02. The number of benzene rings is 2. The Hall–Kier alpha value is -1.92. The number of nitrogens with two attached hydrogens (primary N) is 1. The largest absolute Gasteiger partial charge is 0.389 e. The van der Waals surface area contributed by atoms with Crippen LogP contribution in [0, 0.1) is 0 Å². The third-order valence-corrected chi connectivity index (χ3v) is 5.10. The molecule has 0 bridgehead atoms. The van der Waals surface area contributed by atoms with Crippen LogP contribution in [0.15, 0.2) is 54.6 Å². The van der Waals surface area contributed by atoms with Gasteiger partial charge < -0.3 is 5.73 Å². The molecule has 4 nitrogen and oxygen atoms in total. The van der Waals surface area contributed by atoms with Gasteiger partial charge in [-0.25, -0.2) is 8.42 Å². The normalized spacial score (nSPS) is 11.1. The molecule has 0 heterocycles. The van der Waals surface area contributed by atoms with E-state index in [4.69, 9.17) is 18.0 Å². The highest BCUT2D eigenvalue weighted by Gasteiger charge is 2.20. The highest BCUT2D eigenvalue weighted by Crippen LogP contribution is 2.20. The van der Waals surface area contributed by atoms with E-state index in [1.807, 2.05) is 6.07 Å². The first-order chi connectivity index (χ1) is 9.92. The number of sulfonamides is 1. The van der Waals surface area contributed by atoms with Crippen molar-refractivity contribution >= 4 is 32.9 Å². The molecule has 0 aliphatic heterocycles. The number of anilines is 1. The van der Waals surface area contributed by atoms with Gasteiger partial charge in [0, 0.05) is 12.6 Å². The first-order valence-electron chi connectivity index (χ1n) is 6.31. The van der Waals surface area contributed by atoms with Crippen LogP contribution in [-0.2, 0) is 15.8 Å². The molecule has 21 heavy (non-hydrogen) atoms. The summed E-state index contributed by atoms with van der Waals surface area (Å²) in [5.41, 5.74) is 7.46. The molecular formula is C15H16N2O2S2. The number of rotatable bonds is 5. The lowest BCUT2D eigenvalue weighted by atomic mass is 10.1. The summed E-state index contributed by atoms with van der Waals surface area (Å²) < 4.78 is 26.3. The van der Waals surface area contributed by atoms with Gasteiger partial charge >= 0.3 is 0 Å². The van der Waals surface area contributed by atoms with Crippen molar-refractivity contribution in [3.8, 4) is 0 Å². The summed E-state index contributed by atoms with van der Waals surface area (Å²) in [5.74, 6) is -0.147. The van der Waals surface area contributed by atoms with Crippen molar-refractivity contribution in [2.24, 2.45) is 5.73 Å². The average molecular weight is 320 g/mol. The van der Waals surface area contributed by atoms with Gasteiger partial charge in [-0.3, -0.25) is 4.31 Å². The predicted molar refractivity (Wildman–Crippen MR) is 89.8 cm³/mol. The molecule has 2 aromatic carbocycles. The molecule has 0 aromatic heterocycles. The zero-order chi connectivity index (χ0) is 15.5. The molecule has 2 rings (SSSR count). The summed E-state index contributed by atoms with van der Waals surface area (Å²) in [6.07, 6.45) is 0. The van der Waals surface area contributed by atoms with Crippen molar-refractivity contribution in [2.75, 3.05) is 11.4 Å². The molecule has 0 atom stereocenters. The number of thiocarbonyl (C=S) groups is 1. The standard InChI is InChI=1S/C15H16N2O2S2/c1-17(13-8-3-2-4-9-13)21(18,19)11-12-7-5-6-10-14(12)15(16)20/h2-10H,11H2,1H3,(H2,16,20). The van der Waals surface area contributed by atoms with Crippen LogP contribution in [0.25, 0.3) is 0 Å². The number of nitrogens with zero attached hydrogens (tertiary/aromatic N) is 1. The van der Waals surface area contributed by atoms with Gasteiger partial charge in [-0.05, 0) is 17.7 Å². The van der Waals surface area contributed by atoms with Gasteiger partial charge in [0.15, 0.2) is 0 Å². The molecule has 6 heteroatoms. The fourth-order valence-corrected chi connectivity index (χ4v) is 3.46. The summed E-state index contributed by atoms with van der Waals surface area (Å²) >= 11 is 4.97. The van der Waals surface area contributed by atoms with E-state index in [9.17, 15) is 8.42 Å². The molecule has 0 radical (unpaired) electrons. The molecule has 0 fully saturated rings. The highest BCUT2D eigenvalue weighted by molar-refractivity contribution is 7.92. The molecule has 0 amide bonds. The Kier molecular flexibility index (Phi) is 4.59. The minimum Gasteiger partial charge on any atom is -0.389 e. The topological polar surface area (TPSA) is 63.4 Å². The number of hydrogen-bond donors (Lipinski definition) is 1. The van der Waals surface area contributed by atoms with Crippen LogP contribution in [0.5, 0.6) is 0 Å². The fourth-order valence-electron chi connectivity index (χ4n) is 1.98. The Labute approximate surface area is 130 Å². The van der Waals surface area contributed by atoms with Crippen molar-refractivity contribution in [2.45, 2.75) is 5.75 Å². The maximum Gasteiger partial charge on any atom is 0.239 e. The average Bonchev–Trinajstić information content (AvgIpc) is 2.47. The Morgan fingerprint density at radius 2 is 1.67 bits per heavy atom. The summed E-state index contributed by atoms with van der Waals surface area (Å²) in [6, 6.07) is 15.9. The number of para-hydroxylation sites is 1. The lowest BCUT2D eigenvalue weighted by Gasteiger charge is -2.20. The second-order valence-electron chi connectivity index (χ2n) is 4.58. The second kappa shape index (κ2) is 6.24. The van der Waals surface area contributed by atoms with E-state index in [1.165, 1.54) is 11.4 Å². The van der Waals surface area contributed by atoms with Crippen LogP contribution in [-0.4, -0.2) is 20.5 Å². The van der Waals surface area contributed by atoms with Crippen molar-refractivity contribution in [1.82, 2.24) is 0 Å². The van der Waals surface area contributed by atoms with Gasteiger partial charge in [0.2, 0.25) is 10.0 Å². The van der Waals surface area contributed by atoms with Crippen LogP contribution < -0.4 is 10.0 Å². The van der Waals surface area contributed by atoms with E-state index in [2.05, 4.69) is 0 Å².